The first-order valence-corrected chi connectivity index (χ1v) is 15.3. The van der Waals surface area contributed by atoms with Crippen LogP contribution in [0.2, 0.25) is 0 Å². The van der Waals surface area contributed by atoms with E-state index in [1.807, 2.05) is 6.07 Å². The molecule has 0 N–H and O–H groups in total. The molecule has 0 bridgehead atoms. The molecule has 0 amide bonds. The maximum absolute atomic E-state index is 6.55. The maximum atomic E-state index is 6.55. The van der Waals surface area contributed by atoms with Crippen LogP contribution in [0.15, 0.2) is 138 Å². The van der Waals surface area contributed by atoms with Gasteiger partial charge in [0.05, 0.1) is 0 Å². The van der Waals surface area contributed by atoms with Crippen molar-refractivity contribution in [2.24, 2.45) is 0 Å². The Bertz CT molecular complexity index is 2690. The van der Waals surface area contributed by atoms with Crippen molar-refractivity contribution in [3.05, 3.63) is 134 Å². The first kappa shape index (κ1) is 23.1. The summed E-state index contributed by atoms with van der Waals surface area (Å²) < 4.78 is 10.1. The van der Waals surface area contributed by atoms with Crippen LogP contribution in [0.4, 0.5) is 0 Å². The number of benzene rings is 6. The highest BCUT2D eigenvalue weighted by Crippen LogP contribution is 2.46. The number of furan rings is 1. The van der Waals surface area contributed by atoms with Gasteiger partial charge < -0.3 is 4.42 Å². The number of fused-ring (bicyclic) bond motifs is 10. The molecular formula is C39H22N2OS. The number of rotatable bonds is 2. The first-order valence-electron chi connectivity index (χ1n) is 14.5. The monoisotopic (exact) mass is 566 g/mol. The zero-order chi connectivity index (χ0) is 28.1. The van der Waals surface area contributed by atoms with E-state index in [4.69, 9.17) is 9.40 Å². The van der Waals surface area contributed by atoms with Gasteiger partial charge in [-0.3, -0.25) is 4.40 Å². The van der Waals surface area contributed by atoms with E-state index in [1.165, 1.54) is 53.2 Å². The van der Waals surface area contributed by atoms with E-state index in [2.05, 4.69) is 132 Å². The fraction of sp³-hybridized carbons (Fsp3) is 0. The van der Waals surface area contributed by atoms with Crippen LogP contribution in [-0.4, -0.2) is 9.38 Å². The molecule has 0 unspecified atom stereocenters. The van der Waals surface area contributed by atoms with Gasteiger partial charge in [-0.2, -0.15) is 0 Å². The van der Waals surface area contributed by atoms with Gasteiger partial charge in [0.2, 0.25) is 0 Å². The summed E-state index contributed by atoms with van der Waals surface area (Å²) in [6.45, 7) is 0. The van der Waals surface area contributed by atoms with Crippen LogP contribution in [0.25, 0.3) is 91.8 Å². The van der Waals surface area contributed by atoms with Crippen LogP contribution >= 0.6 is 11.3 Å². The van der Waals surface area contributed by atoms with Crippen molar-refractivity contribution in [2.45, 2.75) is 0 Å². The van der Waals surface area contributed by atoms with Crippen molar-refractivity contribution in [3.8, 4) is 22.3 Å². The molecule has 0 radical (unpaired) electrons. The van der Waals surface area contributed by atoms with Crippen LogP contribution < -0.4 is 0 Å². The zero-order valence-electron chi connectivity index (χ0n) is 22.9. The maximum Gasteiger partial charge on any atom is 0.143 e. The molecule has 4 aromatic heterocycles. The second-order valence-corrected chi connectivity index (χ2v) is 12.2. The van der Waals surface area contributed by atoms with Gasteiger partial charge in [-0.15, -0.1) is 11.3 Å². The predicted octanol–water partition coefficient (Wildman–Crippen LogP) is 11.2. The van der Waals surface area contributed by atoms with E-state index in [0.29, 0.717) is 0 Å². The Hall–Kier alpha value is -5.45. The van der Waals surface area contributed by atoms with Gasteiger partial charge >= 0.3 is 0 Å². The Morgan fingerprint density at radius 1 is 0.535 bits per heavy atom. The van der Waals surface area contributed by atoms with E-state index >= 15 is 0 Å². The van der Waals surface area contributed by atoms with Crippen molar-refractivity contribution in [2.75, 3.05) is 0 Å². The van der Waals surface area contributed by atoms with Gasteiger partial charge in [-0.25, -0.2) is 4.98 Å². The topological polar surface area (TPSA) is 30.4 Å². The van der Waals surface area contributed by atoms with Crippen molar-refractivity contribution in [1.29, 1.82) is 0 Å². The zero-order valence-corrected chi connectivity index (χ0v) is 23.7. The lowest BCUT2D eigenvalue weighted by molar-refractivity contribution is 0.670. The minimum atomic E-state index is 0.913. The van der Waals surface area contributed by atoms with E-state index < -0.39 is 0 Å². The quantitative estimate of drug-likeness (QED) is 0.195. The largest absolute Gasteiger partial charge is 0.455 e. The molecule has 0 aliphatic heterocycles. The van der Waals surface area contributed by atoms with Crippen LogP contribution in [-0.2, 0) is 0 Å². The molecule has 0 fully saturated rings. The molecule has 200 valence electrons. The van der Waals surface area contributed by atoms with E-state index in [0.717, 1.165) is 38.7 Å². The lowest BCUT2D eigenvalue weighted by Gasteiger charge is -2.18. The number of thiophene rings is 1. The molecule has 6 aromatic carbocycles. The smallest absolute Gasteiger partial charge is 0.143 e. The molecule has 0 spiro atoms. The lowest BCUT2D eigenvalue weighted by atomic mass is 9.86. The number of hydrogen-bond donors (Lipinski definition) is 0. The van der Waals surface area contributed by atoms with Crippen LogP contribution in [0.5, 0.6) is 0 Å². The highest BCUT2D eigenvalue weighted by atomic mass is 32.1. The van der Waals surface area contributed by atoms with Crippen LogP contribution in [0.3, 0.4) is 0 Å². The summed E-state index contributed by atoms with van der Waals surface area (Å²) in [6.07, 6.45) is 2.27. The number of hydrogen-bond acceptors (Lipinski definition) is 3. The molecular weight excluding hydrogens is 545 g/mol. The Balaban J connectivity index is 1.31. The second-order valence-electron chi connectivity index (χ2n) is 11.1. The van der Waals surface area contributed by atoms with E-state index in [-0.39, 0.29) is 0 Å². The molecule has 0 aliphatic carbocycles. The van der Waals surface area contributed by atoms with Gasteiger partial charge in [0.15, 0.2) is 0 Å². The van der Waals surface area contributed by atoms with Gasteiger partial charge in [0, 0.05) is 38.2 Å². The number of aromatic nitrogens is 2. The summed E-state index contributed by atoms with van der Waals surface area (Å²) in [5.41, 5.74) is 8.61. The average molecular weight is 567 g/mol. The third-order valence-corrected chi connectivity index (χ3v) is 9.98. The number of imidazole rings is 1. The summed E-state index contributed by atoms with van der Waals surface area (Å²) in [5.74, 6) is 0. The third kappa shape index (κ3) is 3.16. The highest BCUT2D eigenvalue weighted by Gasteiger charge is 2.21. The molecule has 0 saturated heterocycles. The van der Waals surface area contributed by atoms with Crippen LogP contribution in [0, 0.1) is 0 Å². The van der Waals surface area contributed by atoms with Crippen molar-refractivity contribution in [3.63, 3.8) is 0 Å². The van der Waals surface area contributed by atoms with Gasteiger partial charge in [-0.1, -0.05) is 103 Å². The van der Waals surface area contributed by atoms with Crippen LogP contribution in [0.1, 0.15) is 0 Å². The summed E-state index contributed by atoms with van der Waals surface area (Å²) in [5, 5.41) is 8.36. The number of para-hydroxylation sites is 2. The molecule has 4 heterocycles. The molecule has 0 aliphatic rings. The SMILES string of the molecule is c1ccc2c(c1)oc1c(-c3c4ccccc4c(-c4ccc5nc6c7ccccc7sc6n5c4)c4ccccc34)cccc12. The van der Waals surface area contributed by atoms with Gasteiger partial charge in [0.1, 0.15) is 27.2 Å². The fourth-order valence-electron chi connectivity index (χ4n) is 6.97. The minimum absolute atomic E-state index is 0.913. The van der Waals surface area contributed by atoms with Crippen molar-refractivity contribution >= 4 is 80.9 Å². The summed E-state index contributed by atoms with van der Waals surface area (Å²) in [4.78, 5) is 6.21. The summed E-state index contributed by atoms with van der Waals surface area (Å²) in [6, 6.07) is 45.3. The Morgan fingerprint density at radius 3 is 1.93 bits per heavy atom. The van der Waals surface area contributed by atoms with Crippen molar-refractivity contribution in [1.82, 2.24) is 9.38 Å². The first-order chi connectivity index (χ1) is 21.3. The van der Waals surface area contributed by atoms with Crippen molar-refractivity contribution < 1.29 is 4.42 Å². The molecule has 10 aromatic rings. The Morgan fingerprint density at radius 2 is 1.16 bits per heavy atom. The lowest BCUT2D eigenvalue weighted by Crippen LogP contribution is -1.92. The Labute approximate surface area is 249 Å². The normalized spacial score (nSPS) is 12.2. The minimum Gasteiger partial charge on any atom is -0.455 e. The predicted molar refractivity (Wildman–Crippen MR) is 181 cm³/mol. The number of pyridine rings is 1. The van der Waals surface area contributed by atoms with Gasteiger partial charge in [-0.05, 0) is 56.9 Å². The standard InChI is InChI=1S/C39H22N2OS/c1-3-13-27-25(11-1)35(23-20-21-34-40-37-30-15-6-8-19-33(30)43-39(37)41(34)22-23)26-12-2-4-14-28(26)36(27)31-17-9-16-29-24-10-5-7-18-32(24)42-38(29)31/h1-22H. The number of nitrogens with zero attached hydrogens (tertiary/aromatic N) is 2. The Kier molecular flexibility index (Phi) is 4.60. The third-order valence-electron chi connectivity index (χ3n) is 8.82. The van der Waals surface area contributed by atoms with E-state index in [9.17, 15) is 0 Å². The second kappa shape index (κ2) is 8.54. The summed E-state index contributed by atoms with van der Waals surface area (Å²) in [7, 11) is 0. The highest BCUT2D eigenvalue weighted by molar-refractivity contribution is 7.25. The average Bonchev–Trinajstić information content (AvgIpc) is 3.73. The van der Waals surface area contributed by atoms with Gasteiger partial charge in [0.25, 0.3) is 0 Å². The molecule has 3 nitrogen and oxygen atoms in total. The summed E-state index contributed by atoms with van der Waals surface area (Å²) >= 11 is 1.80. The molecule has 4 heteroatoms. The molecule has 10 rings (SSSR count). The fourth-order valence-corrected chi connectivity index (χ4v) is 8.10. The molecule has 0 saturated carbocycles. The molecule has 0 atom stereocenters. The molecule has 43 heavy (non-hydrogen) atoms. The van der Waals surface area contributed by atoms with E-state index in [1.54, 1.807) is 11.3 Å².